The number of nitrogens with two attached hydrogens (primary N) is 1. The number of nitrogens with one attached hydrogen (secondary N) is 1. The average Bonchev–Trinajstić information content (AvgIpc) is 2.86. The Bertz CT molecular complexity index is 408. The van der Waals surface area contributed by atoms with Gasteiger partial charge in [0.15, 0.2) is 11.7 Å². The molecule has 114 valence electrons. The second-order valence-corrected chi connectivity index (χ2v) is 5.54. The molecule has 1 heterocycles. The summed E-state index contributed by atoms with van der Waals surface area (Å²) in [6, 6.07) is 1.99. The van der Waals surface area contributed by atoms with Crippen molar-refractivity contribution >= 4 is 5.96 Å². The predicted octanol–water partition coefficient (Wildman–Crippen LogP) is 3.03. The SMILES string of the molecule is CCC(CC)c1cc(CN=C(N)NCCC(C)C)on1. The Kier molecular flexibility index (Phi) is 7.12. The van der Waals surface area contributed by atoms with Gasteiger partial charge >= 0.3 is 0 Å². The van der Waals surface area contributed by atoms with Crippen LogP contribution in [0.15, 0.2) is 15.6 Å². The molecule has 0 saturated carbocycles. The molecule has 1 aromatic rings. The molecule has 1 rings (SSSR count). The van der Waals surface area contributed by atoms with E-state index < -0.39 is 0 Å². The van der Waals surface area contributed by atoms with Gasteiger partial charge in [-0.3, -0.25) is 0 Å². The maximum absolute atomic E-state index is 5.80. The predicted molar refractivity (Wildman–Crippen MR) is 82.6 cm³/mol. The first-order valence-electron chi connectivity index (χ1n) is 7.56. The summed E-state index contributed by atoms with van der Waals surface area (Å²) in [5, 5.41) is 7.22. The lowest BCUT2D eigenvalue weighted by Crippen LogP contribution is -2.32. The van der Waals surface area contributed by atoms with Gasteiger partial charge in [0.2, 0.25) is 0 Å². The van der Waals surface area contributed by atoms with E-state index in [1.165, 1.54) is 0 Å². The minimum atomic E-state index is 0.438. The van der Waals surface area contributed by atoms with E-state index in [1.807, 2.05) is 6.07 Å². The highest BCUT2D eigenvalue weighted by molar-refractivity contribution is 5.77. The highest BCUT2D eigenvalue weighted by Gasteiger charge is 2.12. The number of aromatic nitrogens is 1. The fourth-order valence-electron chi connectivity index (χ4n) is 2.01. The third-order valence-corrected chi connectivity index (χ3v) is 3.41. The highest BCUT2D eigenvalue weighted by atomic mass is 16.5. The average molecular weight is 280 g/mol. The van der Waals surface area contributed by atoms with Crippen LogP contribution in [0.25, 0.3) is 0 Å². The molecule has 20 heavy (non-hydrogen) atoms. The van der Waals surface area contributed by atoms with Gasteiger partial charge in [0.25, 0.3) is 0 Å². The van der Waals surface area contributed by atoms with Crippen LogP contribution < -0.4 is 11.1 Å². The number of hydrogen-bond acceptors (Lipinski definition) is 3. The molecule has 0 fully saturated rings. The van der Waals surface area contributed by atoms with Crippen molar-refractivity contribution in [2.45, 2.75) is 59.4 Å². The van der Waals surface area contributed by atoms with Crippen molar-refractivity contribution in [3.63, 3.8) is 0 Å². The smallest absolute Gasteiger partial charge is 0.189 e. The molecule has 0 unspecified atom stereocenters. The minimum absolute atomic E-state index is 0.438. The molecule has 3 N–H and O–H groups in total. The zero-order chi connectivity index (χ0) is 15.0. The van der Waals surface area contributed by atoms with Crippen molar-refractivity contribution in [1.82, 2.24) is 10.5 Å². The van der Waals surface area contributed by atoms with E-state index in [0.717, 1.165) is 37.3 Å². The molecule has 0 aliphatic carbocycles. The Morgan fingerprint density at radius 3 is 2.70 bits per heavy atom. The number of rotatable bonds is 8. The van der Waals surface area contributed by atoms with Crippen molar-refractivity contribution in [1.29, 1.82) is 0 Å². The standard InChI is InChI=1S/C15H28N4O/c1-5-12(6-2)14-9-13(20-19-14)10-18-15(16)17-8-7-11(3)4/h9,11-12H,5-8,10H2,1-4H3,(H3,16,17,18). The van der Waals surface area contributed by atoms with Crippen LogP contribution in [0, 0.1) is 5.92 Å². The summed E-state index contributed by atoms with van der Waals surface area (Å²) < 4.78 is 5.30. The number of guanidine groups is 1. The van der Waals surface area contributed by atoms with E-state index in [4.69, 9.17) is 10.3 Å². The molecule has 0 bridgehead atoms. The number of aliphatic imine (C=N–C) groups is 1. The maximum Gasteiger partial charge on any atom is 0.189 e. The molecule has 1 aromatic heterocycles. The summed E-state index contributed by atoms with van der Waals surface area (Å²) in [5.74, 6) is 2.36. The molecule has 5 heteroatoms. The first-order valence-corrected chi connectivity index (χ1v) is 7.56. The van der Waals surface area contributed by atoms with E-state index in [9.17, 15) is 0 Å². The van der Waals surface area contributed by atoms with Crippen LogP contribution in [-0.4, -0.2) is 17.7 Å². The molecule has 5 nitrogen and oxygen atoms in total. The van der Waals surface area contributed by atoms with Gasteiger partial charge in [0.05, 0.1) is 5.69 Å². The van der Waals surface area contributed by atoms with Crippen molar-refractivity contribution in [2.75, 3.05) is 6.54 Å². The second-order valence-electron chi connectivity index (χ2n) is 5.54. The lowest BCUT2D eigenvalue weighted by molar-refractivity contribution is 0.372. The van der Waals surface area contributed by atoms with Crippen LogP contribution in [0.5, 0.6) is 0 Å². The molecule has 0 atom stereocenters. The number of hydrogen-bond donors (Lipinski definition) is 2. The monoisotopic (exact) mass is 280 g/mol. The van der Waals surface area contributed by atoms with Crippen molar-refractivity contribution in [3.05, 3.63) is 17.5 Å². The largest absolute Gasteiger partial charge is 0.370 e. The molecule has 0 aromatic carbocycles. The summed E-state index contributed by atoms with van der Waals surface area (Å²) in [6.07, 6.45) is 3.23. The van der Waals surface area contributed by atoms with Gasteiger partial charge < -0.3 is 15.6 Å². The molecule has 0 aliphatic heterocycles. The molecule has 0 amide bonds. The van der Waals surface area contributed by atoms with E-state index in [1.54, 1.807) is 0 Å². The Morgan fingerprint density at radius 1 is 1.40 bits per heavy atom. The van der Waals surface area contributed by atoms with Crippen LogP contribution in [0.1, 0.15) is 64.3 Å². The summed E-state index contributed by atoms with van der Waals surface area (Å²) >= 11 is 0. The minimum Gasteiger partial charge on any atom is -0.370 e. The Balaban J connectivity index is 2.44. The van der Waals surface area contributed by atoms with Crippen molar-refractivity contribution < 1.29 is 4.52 Å². The summed E-state index contributed by atoms with van der Waals surface area (Å²) in [4.78, 5) is 4.27. The van der Waals surface area contributed by atoms with Gasteiger partial charge in [0, 0.05) is 18.5 Å². The first kappa shape index (κ1) is 16.5. The van der Waals surface area contributed by atoms with Gasteiger partial charge in [0.1, 0.15) is 6.54 Å². The molecule has 0 spiro atoms. The molecular weight excluding hydrogens is 252 g/mol. The van der Waals surface area contributed by atoms with Crippen molar-refractivity contribution in [3.8, 4) is 0 Å². The lowest BCUT2D eigenvalue weighted by atomic mass is 9.99. The van der Waals surface area contributed by atoms with Crippen LogP contribution in [0.4, 0.5) is 0 Å². The van der Waals surface area contributed by atoms with Gasteiger partial charge in [-0.05, 0) is 25.2 Å². The van der Waals surface area contributed by atoms with Crippen LogP contribution in [-0.2, 0) is 6.54 Å². The van der Waals surface area contributed by atoms with Gasteiger partial charge in [-0.15, -0.1) is 0 Å². The summed E-state index contributed by atoms with van der Waals surface area (Å²) in [5.41, 5.74) is 6.82. The Hall–Kier alpha value is -1.52. The second kappa shape index (κ2) is 8.61. The van der Waals surface area contributed by atoms with E-state index in [0.29, 0.717) is 24.3 Å². The first-order chi connectivity index (χ1) is 9.56. The Morgan fingerprint density at radius 2 is 2.10 bits per heavy atom. The maximum atomic E-state index is 5.80. The fraction of sp³-hybridized carbons (Fsp3) is 0.733. The van der Waals surface area contributed by atoms with E-state index in [-0.39, 0.29) is 0 Å². The third kappa shape index (κ3) is 5.63. The molecule has 0 radical (unpaired) electrons. The van der Waals surface area contributed by atoms with Gasteiger partial charge in [-0.1, -0.05) is 32.9 Å². The fourth-order valence-corrected chi connectivity index (χ4v) is 2.01. The normalized spacial score (nSPS) is 12.4. The Labute approximate surface area is 122 Å². The van der Waals surface area contributed by atoms with Crippen LogP contribution in [0.3, 0.4) is 0 Å². The highest BCUT2D eigenvalue weighted by Crippen LogP contribution is 2.22. The van der Waals surface area contributed by atoms with Crippen molar-refractivity contribution in [2.24, 2.45) is 16.6 Å². The van der Waals surface area contributed by atoms with Gasteiger partial charge in [-0.25, -0.2) is 4.99 Å². The lowest BCUT2D eigenvalue weighted by Gasteiger charge is -2.07. The molecule has 0 saturated heterocycles. The number of nitrogens with zero attached hydrogens (tertiary/aromatic N) is 2. The van der Waals surface area contributed by atoms with E-state index >= 15 is 0 Å². The summed E-state index contributed by atoms with van der Waals surface area (Å²) in [6.45, 7) is 9.98. The van der Waals surface area contributed by atoms with E-state index in [2.05, 4.69) is 43.2 Å². The zero-order valence-electron chi connectivity index (χ0n) is 13.1. The molecule has 0 aliphatic rings. The zero-order valence-corrected chi connectivity index (χ0v) is 13.1. The van der Waals surface area contributed by atoms with Crippen LogP contribution >= 0.6 is 0 Å². The topological polar surface area (TPSA) is 76.4 Å². The summed E-state index contributed by atoms with van der Waals surface area (Å²) in [7, 11) is 0. The quantitative estimate of drug-likeness (QED) is 0.567. The third-order valence-electron chi connectivity index (χ3n) is 3.41. The van der Waals surface area contributed by atoms with Gasteiger partial charge in [-0.2, -0.15) is 0 Å². The van der Waals surface area contributed by atoms with Crippen LogP contribution in [0.2, 0.25) is 0 Å². The molecular formula is C15H28N4O.